The number of carbonyl (C=O) groups is 2. The Morgan fingerprint density at radius 2 is 1.89 bits per heavy atom. The van der Waals surface area contributed by atoms with E-state index in [1.165, 1.54) is 31.0 Å². The molecule has 0 aliphatic carbocycles. The first-order valence-electron chi connectivity index (χ1n) is 13.2. The third-order valence-electron chi connectivity index (χ3n) is 6.75. The van der Waals surface area contributed by atoms with E-state index in [9.17, 15) is 9.59 Å². The maximum atomic E-state index is 13.1. The van der Waals surface area contributed by atoms with Crippen molar-refractivity contribution in [1.82, 2.24) is 24.6 Å². The van der Waals surface area contributed by atoms with E-state index in [0.717, 1.165) is 24.1 Å². The number of aromatic nitrogens is 3. The predicted octanol–water partition coefficient (Wildman–Crippen LogP) is 5.35. The van der Waals surface area contributed by atoms with Crippen molar-refractivity contribution in [3.63, 3.8) is 0 Å². The van der Waals surface area contributed by atoms with Crippen molar-refractivity contribution in [2.75, 3.05) is 25.4 Å². The van der Waals surface area contributed by atoms with Crippen LogP contribution in [0.25, 0.3) is 17.3 Å². The van der Waals surface area contributed by atoms with Crippen LogP contribution in [-0.2, 0) is 9.59 Å². The summed E-state index contributed by atoms with van der Waals surface area (Å²) in [4.78, 5) is 29.7. The Kier molecular flexibility index (Phi) is 9.44. The van der Waals surface area contributed by atoms with Gasteiger partial charge in [0.2, 0.25) is 17.6 Å². The second kappa shape index (κ2) is 12.9. The molecule has 2 aromatic heterocycles. The molecule has 9 heteroatoms. The minimum Gasteiger partial charge on any atom is -0.461 e. The van der Waals surface area contributed by atoms with Gasteiger partial charge < -0.3 is 14.2 Å². The Morgan fingerprint density at radius 3 is 2.62 bits per heavy atom. The highest BCUT2D eigenvalue weighted by atomic mass is 32.2. The lowest BCUT2D eigenvalue weighted by molar-refractivity contribution is -0.141. The second-order valence-corrected chi connectivity index (χ2v) is 10.6. The van der Waals surface area contributed by atoms with Gasteiger partial charge in [0.15, 0.2) is 10.9 Å². The molecule has 198 valence electrons. The summed E-state index contributed by atoms with van der Waals surface area (Å²) in [6.07, 6.45) is 7.90. The topological polar surface area (TPSA) is 84.5 Å². The van der Waals surface area contributed by atoms with Gasteiger partial charge in [-0.15, -0.1) is 10.2 Å². The number of unbranched alkanes of at least 4 members (excludes halogenated alkanes) is 4. The molecule has 0 N–H and O–H groups in total. The second-order valence-electron chi connectivity index (χ2n) is 9.69. The van der Waals surface area contributed by atoms with Crippen LogP contribution in [-0.4, -0.2) is 67.8 Å². The van der Waals surface area contributed by atoms with Crippen molar-refractivity contribution >= 4 is 23.6 Å². The Balaban J connectivity index is 1.36. The van der Waals surface area contributed by atoms with Crippen LogP contribution < -0.4 is 0 Å². The number of carbonyl (C=O) groups excluding carboxylic acids is 2. The first-order valence-corrected chi connectivity index (χ1v) is 14.2. The minimum atomic E-state index is 0.0207. The van der Waals surface area contributed by atoms with Gasteiger partial charge >= 0.3 is 0 Å². The van der Waals surface area contributed by atoms with Crippen molar-refractivity contribution in [2.24, 2.45) is 0 Å². The number of hydrogen-bond donors (Lipinski definition) is 0. The van der Waals surface area contributed by atoms with Crippen molar-refractivity contribution in [3.8, 4) is 17.3 Å². The molecule has 1 fully saturated rings. The van der Waals surface area contributed by atoms with Gasteiger partial charge in [0.25, 0.3) is 0 Å². The first-order chi connectivity index (χ1) is 18.0. The van der Waals surface area contributed by atoms with Crippen LogP contribution in [0.5, 0.6) is 0 Å². The smallest absolute Gasteiger partial charge is 0.233 e. The fourth-order valence-electron chi connectivity index (χ4n) is 4.72. The van der Waals surface area contributed by atoms with Crippen LogP contribution in [0, 0.1) is 6.92 Å². The van der Waals surface area contributed by atoms with Gasteiger partial charge in [-0.2, -0.15) is 0 Å². The van der Waals surface area contributed by atoms with Gasteiger partial charge in [-0.05, 0) is 50.1 Å². The summed E-state index contributed by atoms with van der Waals surface area (Å²) < 4.78 is 7.52. The zero-order chi connectivity index (χ0) is 26.2. The average Bonchev–Trinajstić information content (AvgIpc) is 3.57. The molecule has 1 atom stereocenters. The lowest BCUT2D eigenvalue weighted by atomic mass is 10.1. The lowest BCUT2D eigenvalue weighted by Gasteiger charge is -2.40. The molecule has 4 rings (SSSR count). The SMILES string of the molecule is CCCCCCCC(=O)N1CCN(C(=O)CSc2nnc(-c3ccco3)n2-c2cccc(C)c2)CC1C. The molecule has 1 saturated heterocycles. The fourth-order valence-corrected chi connectivity index (χ4v) is 5.58. The van der Waals surface area contributed by atoms with Crippen molar-refractivity contribution in [1.29, 1.82) is 0 Å². The van der Waals surface area contributed by atoms with Gasteiger partial charge in [-0.1, -0.05) is 56.5 Å². The lowest BCUT2D eigenvalue weighted by Crippen LogP contribution is -2.55. The standard InChI is InChI=1S/C28H37N5O3S/c1-4-5-6-7-8-14-25(34)32-16-15-31(19-22(32)3)26(35)20-37-28-30-29-27(24-13-10-17-36-24)33(28)23-12-9-11-21(2)18-23/h9-13,17-18,22H,4-8,14-16,19-20H2,1-3H3. The van der Waals surface area contributed by atoms with Crippen molar-refractivity contribution in [3.05, 3.63) is 48.2 Å². The van der Waals surface area contributed by atoms with E-state index in [0.29, 0.717) is 42.8 Å². The number of furan rings is 1. The Hall–Kier alpha value is -3.07. The van der Waals surface area contributed by atoms with Crippen LogP contribution in [0.15, 0.2) is 52.2 Å². The normalized spacial score (nSPS) is 15.8. The Morgan fingerprint density at radius 1 is 1.05 bits per heavy atom. The average molecular weight is 524 g/mol. The quantitative estimate of drug-likeness (QED) is 0.249. The van der Waals surface area contributed by atoms with Gasteiger partial charge in [-0.3, -0.25) is 14.2 Å². The number of nitrogens with zero attached hydrogens (tertiary/aromatic N) is 5. The van der Waals surface area contributed by atoms with Crippen LogP contribution in [0.2, 0.25) is 0 Å². The Bertz CT molecular complexity index is 1180. The molecule has 8 nitrogen and oxygen atoms in total. The summed E-state index contributed by atoms with van der Waals surface area (Å²) in [7, 11) is 0. The van der Waals surface area contributed by atoms with Gasteiger partial charge in [0, 0.05) is 32.1 Å². The van der Waals surface area contributed by atoms with Crippen molar-refractivity contribution in [2.45, 2.75) is 70.5 Å². The number of aryl methyl sites for hydroxylation is 1. The largest absolute Gasteiger partial charge is 0.461 e. The van der Waals surface area contributed by atoms with Crippen LogP contribution in [0.4, 0.5) is 0 Å². The molecule has 1 aromatic carbocycles. The van der Waals surface area contributed by atoms with Crippen molar-refractivity contribution < 1.29 is 14.0 Å². The predicted molar refractivity (Wildman–Crippen MR) is 146 cm³/mol. The molecule has 37 heavy (non-hydrogen) atoms. The summed E-state index contributed by atoms with van der Waals surface area (Å²) in [6, 6.07) is 11.8. The van der Waals surface area contributed by atoms with E-state index in [2.05, 4.69) is 23.2 Å². The number of piperazine rings is 1. The highest BCUT2D eigenvalue weighted by Gasteiger charge is 2.30. The highest BCUT2D eigenvalue weighted by Crippen LogP contribution is 2.29. The summed E-state index contributed by atoms with van der Waals surface area (Å²) in [5, 5.41) is 9.39. The minimum absolute atomic E-state index is 0.0207. The van der Waals surface area contributed by atoms with E-state index in [4.69, 9.17) is 4.42 Å². The molecule has 0 spiro atoms. The molecule has 3 heterocycles. The number of benzene rings is 1. The molecular formula is C28H37N5O3S. The first kappa shape index (κ1) is 27.0. The van der Waals surface area contributed by atoms with E-state index >= 15 is 0 Å². The van der Waals surface area contributed by atoms with Crippen LogP contribution in [0.3, 0.4) is 0 Å². The molecule has 2 amide bonds. The number of thioether (sulfide) groups is 1. The molecular weight excluding hydrogens is 486 g/mol. The maximum Gasteiger partial charge on any atom is 0.233 e. The highest BCUT2D eigenvalue weighted by molar-refractivity contribution is 7.99. The number of amides is 2. The van der Waals surface area contributed by atoms with Gasteiger partial charge in [0.05, 0.1) is 17.7 Å². The summed E-state index contributed by atoms with van der Waals surface area (Å²) in [5.41, 5.74) is 2.03. The molecule has 1 aliphatic rings. The summed E-state index contributed by atoms with van der Waals surface area (Å²) in [5.74, 6) is 1.72. The van der Waals surface area contributed by atoms with E-state index < -0.39 is 0 Å². The molecule has 0 radical (unpaired) electrons. The molecule has 0 saturated carbocycles. The van der Waals surface area contributed by atoms with Gasteiger partial charge in [-0.25, -0.2) is 0 Å². The molecule has 0 bridgehead atoms. The van der Waals surface area contributed by atoms with Gasteiger partial charge in [0.1, 0.15) is 0 Å². The zero-order valence-corrected chi connectivity index (χ0v) is 22.9. The monoisotopic (exact) mass is 523 g/mol. The maximum absolute atomic E-state index is 13.1. The summed E-state index contributed by atoms with van der Waals surface area (Å²) in [6.45, 7) is 7.98. The fraction of sp³-hybridized carbons (Fsp3) is 0.500. The van der Waals surface area contributed by atoms with E-state index in [1.54, 1.807) is 6.26 Å². The summed E-state index contributed by atoms with van der Waals surface area (Å²) >= 11 is 1.37. The van der Waals surface area contributed by atoms with Crippen LogP contribution in [0.1, 0.15) is 57.9 Å². The molecule has 1 unspecified atom stereocenters. The zero-order valence-electron chi connectivity index (χ0n) is 22.1. The number of rotatable bonds is 11. The third-order valence-corrected chi connectivity index (χ3v) is 7.67. The third kappa shape index (κ3) is 6.83. The van der Waals surface area contributed by atoms with E-state index in [-0.39, 0.29) is 23.6 Å². The van der Waals surface area contributed by atoms with Crippen LogP contribution >= 0.6 is 11.8 Å². The van der Waals surface area contributed by atoms with E-state index in [1.807, 2.05) is 58.5 Å². The molecule has 3 aromatic rings. The molecule has 1 aliphatic heterocycles. The number of hydrogen-bond acceptors (Lipinski definition) is 6. The Labute approximate surface area is 223 Å².